The summed E-state index contributed by atoms with van der Waals surface area (Å²) in [5.74, 6) is -1.71. The Kier molecular flexibility index (Phi) is 6.89. The predicted molar refractivity (Wildman–Crippen MR) is 70.4 cm³/mol. The average Bonchev–Trinajstić information content (AvgIpc) is 2.24. The van der Waals surface area contributed by atoms with Crippen molar-refractivity contribution in [2.45, 2.75) is 46.2 Å². The van der Waals surface area contributed by atoms with Gasteiger partial charge < -0.3 is 21.1 Å². The smallest absolute Gasteiger partial charge is 0.318 e. The van der Waals surface area contributed by atoms with Crippen LogP contribution < -0.4 is 11.1 Å². The Morgan fingerprint density at radius 3 is 2.11 bits per heavy atom. The molecule has 2 atom stereocenters. The maximum absolute atomic E-state index is 12.0. The van der Waals surface area contributed by atoms with E-state index in [9.17, 15) is 14.4 Å². The molecule has 0 aliphatic carbocycles. The molecule has 0 saturated heterocycles. The minimum atomic E-state index is -0.978. The molecule has 0 aromatic heterocycles. The maximum Gasteiger partial charge on any atom is 0.318 e. The van der Waals surface area contributed by atoms with Gasteiger partial charge in [-0.3, -0.25) is 9.59 Å². The van der Waals surface area contributed by atoms with Crippen LogP contribution in [0, 0.1) is 5.92 Å². The van der Waals surface area contributed by atoms with Crippen LogP contribution in [0.3, 0.4) is 0 Å². The topological polar surface area (TPSA) is 113 Å². The van der Waals surface area contributed by atoms with E-state index >= 15 is 0 Å². The summed E-state index contributed by atoms with van der Waals surface area (Å²) in [5.41, 5.74) is 5.22. The summed E-state index contributed by atoms with van der Waals surface area (Å²) in [7, 11) is 0. The van der Waals surface area contributed by atoms with Gasteiger partial charge in [-0.15, -0.1) is 0 Å². The number of rotatable bonds is 7. The van der Waals surface area contributed by atoms with Crippen molar-refractivity contribution in [3.05, 3.63) is 0 Å². The van der Waals surface area contributed by atoms with Crippen molar-refractivity contribution in [3.8, 4) is 0 Å². The van der Waals surface area contributed by atoms with Crippen molar-refractivity contribution >= 4 is 17.9 Å². The summed E-state index contributed by atoms with van der Waals surface area (Å²) in [6, 6.07) is -1.70. The fourth-order valence-corrected chi connectivity index (χ4v) is 1.80. The van der Waals surface area contributed by atoms with Crippen molar-refractivity contribution < 1.29 is 19.5 Å². The van der Waals surface area contributed by atoms with Crippen LogP contribution in [0.15, 0.2) is 0 Å². The number of aliphatic carboxylic acids is 1. The molecule has 0 aromatic rings. The van der Waals surface area contributed by atoms with E-state index in [1.54, 1.807) is 27.7 Å². The van der Waals surface area contributed by atoms with Gasteiger partial charge in [-0.05, 0) is 19.8 Å². The summed E-state index contributed by atoms with van der Waals surface area (Å²) in [6.07, 6.45) is -0.149. The quantitative estimate of drug-likeness (QED) is 0.622. The summed E-state index contributed by atoms with van der Waals surface area (Å²) in [5, 5.41) is 11.3. The Morgan fingerprint density at radius 2 is 1.79 bits per heavy atom. The molecule has 4 N–H and O–H groups in total. The van der Waals surface area contributed by atoms with Crippen LogP contribution in [0.2, 0.25) is 0 Å². The standard InChI is InChI=1S/C12H23N3O4/c1-5-15(8(4)6-9(16)17)12(19)14-10(7(2)3)11(13)18/h7-8,10H,5-6H2,1-4H3,(H2,13,18)(H,14,19)(H,16,17). The van der Waals surface area contributed by atoms with E-state index in [0.29, 0.717) is 6.54 Å². The molecular weight excluding hydrogens is 250 g/mol. The minimum Gasteiger partial charge on any atom is -0.481 e. The van der Waals surface area contributed by atoms with E-state index in [1.807, 2.05) is 0 Å². The zero-order valence-corrected chi connectivity index (χ0v) is 11.8. The number of nitrogens with zero attached hydrogens (tertiary/aromatic N) is 1. The maximum atomic E-state index is 12.0. The van der Waals surface area contributed by atoms with Crippen LogP contribution in [-0.2, 0) is 9.59 Å². The number of hydrogen-bond acceptors (Lipinski definition) is 3. The van der Waals surface area contributed by atoms with E-state index in [2.05, 4.69) is 5.32 Å². The third-order valence-electron chi connectivity index (χ3n) is 2.86. The predicted octanol–water partition coefficient (Wildman–Crippen LogP) is 0.391. The zero-order chi connectivity index (χ0) is 15.2. The summed E-state index contributed by atoms with van der Waals surface area (Å²) >= 11 is 0. The Bertz CT molecular complexity index is 344. The molecule has 2 unspecified atom stereocenters. The molecule has 0 bridgehead atoms. The van der Waals surface area contributed by atoms with E-state index < -0.39 is 30.0 Å². The highest BCUT2D eigenvalue weighted by Gasteiger charge is 2.26. The van der Waals surface area contributed by atoms with E-state index in [1.165, 1.54) is 4.90 Å². The number of hydrogen-bond donors (Lipinski definition) is 3. The second kappa shape index (κ2) is 7.60. The number of nitrogens with one attached hydrogen (secondary N) is 1. The first-order valence-corrected chi connectivity index (χ1v) is 6.28. The first-order valence-electron chi connectivity index (χ1n) is 6.28. The van der Waals surface area contributed by atoms with E-state index in [-0.39, 0.29) is 12.3 Å². The SMILES string of the molecule is CCN(C(=O)NC(C(N)=O)C(C)C)C(C)CC(=O)O. The van der Waals surface area contributed by atoms with Crippen molar-refractivity contribution in [2.75, 3.05) is 6.54 Å². The van der Waals surface area contributed by atoms with Crippen LogP contribution in [0.4, 0.5) is 4.79 Å². The normalized spacial score (nSPS) is 13.7. The van der Waals surface area contributed by atoms with Crippen LogP contribution in [0.5, 0.6) is 0 Å². The minimum absolute atomic E-state index is 0.130. The lowest BCUT2D eigenvalue weighted by Crippen LogP contribution is -2.54. The van der Waals surface area contributed by atoms with Gasteiger partial charge in [-0.2, -0.15) is 0 Å². The zero-order valence-electron chi connectivity index (χ0n) is 11.8. The van der Waals surface area contributed by atoms with Gasteiger partial charge in [0.25, 0.3) is 0 Å². The Hall–Kier alpha value is -1.79. The molecule has 19 heavy (non-hydrogen) atoms. The first-order chi connectivity index (χ1) is 8.70. The van der Waals surface area contributed by atoms with Gasteiger partial charge in [0.05, 0.1) is 6.42 Å². The molecule has 0 saturated carbocycles. The largest absolute Gasteiger partial charge is 0.481 e. The average molecular weight is 273 g/mol. The Morgan fingerprint density at radius 1 is 1.26 bits per heavy atom. The third-order valence-corrected chi connectivity index (χ3v) is 2.86. The third kappa shape index (κ3) is 5.58. The second-order valence-electron chi connectivity index (χ2n) is 4.81. The molecule has 110 valence electrons. The van der Waals surface area contributed by atoms with E-state index in [4.69, 9.17) is 10.8 Å². The van der Waals surface area contributed by atoms with Gasteiger partial charge in [0.2, 0.25) is 5.91 Å². The molecule has 0 radical (unpaired) electrons. The fraction of sp³-hybridized carbons (Fsp3) is 0.750. The molecule has 0 aliphatic heterocycles. The molecule has 0 rings (SSSR count). The molecule has 7 nitrogen and oxygen atoms in total. The number of primary amides is 1. The second-order valence-corrected chi connectivity index (χ2v) is 4.81. The first kappa shape index (κ1) is 17.2. The lowest BCUT2D eigenvalue weighted by Gasteiger charge is -2.29. The lowest BCUT2D eigenvalue weighted by atomic mass is 10.0. The van der Waals surface area contributed by atoms with Gasteiger partial charge in [0.15, 0.2) is 0 Å². The van der Waals surface area contributed by atoms with E-state index in [0.717, 1.165) is 0 Å². The summed E-state index contributed by atoms with van der Waals surface area (Å²) in [6.45, 7) is 7.28. The molecule has 0 aliphatic rings. The highest BCUT2D eigenvalue weighted by Crippen LogP contribution is 2.07. The molecule has 7 heteroatoms. The number of carbonyl (C=O) groups is 3. The number of carboxylic acid groups (broad SMARTS) is 1. The Labute approximate surface area is 113 Å². The van der Waals surface area contributed by atoms with Crippen LogP contribution >= 0.6 is 0 Å². The van der Waals surface area contributed by atoms with Crippen molar-refractivity contribution in [2.24, 2.45) is 11.7 Å². The monoisotopic (exact) mass is 273 g/mol. The number of amides is 3. The van der Waals surface area contributed by atoms with Gasteiger partial charge in [0, 0.05) is 12.6 Å². The van der Waals surface area contributed by atoms with Crippen molar-refractivity contribution in [3.63, 3.8) is 0 Å². The van der Waals surface area contributed by atoms with Crippen molar-refractivity contribution in [1.82, 2.24) is 10.2 Å². The summed E-state index contributed by atoms with van der Waals surface area (Å²) < 4.78 is 0. The number of nitrogens with two attached hydrogens (primary N) is 1. The van der Waals surface area contributed by atoms with Crippen LogP contribution in [0.25, 0.3) is 0 Å². The molecule has 0 fully saturated rings. The molecule has 0 aromatic carbocycles. The van der Waals surface area contributed by atoms with Gasteiger partial charge in [-0.1, -0.05) is 13.8 Å². The highest BCUT2D eigenvalue weighted by atomic mass is 16.4. The van der Waals surface area contributed by atoms with Gasteiger partial charge >= 0.3 is 12.0 Å². The van der Waals surface area contributed by atoms with Crippen LogP contribution in [-0.4, -0.2) is 46.5 Å². The summed E-state index contributed by atoms with van der Waals surface area (Å²) in [4.78, 5) is 35.3. The van der Waals surface area contributed by atoms with Gasteiger partial charge in [0.1, 0.15) is 6.04 Å². The fourth-order valence-electron chi connectivity index (χ4n) is 1.80. The molecular formula is C12H23N3O4. The Balaban J connectivity index is 4.75. The van der Waals surface area contributed by atoms with Crippen LogP contribution in [0.1, 0.15) is 34.1 Å². The number of carboxylic acids is 1. The number of urea groups is 1. The highest BCUT2D eigenvalue weighted by molar-refractivity contribution is 5.86. The lowest BCUT2D eigenvalue weighted by molar-refractivity contribution is -0.138. The van der Waals surface area contributed by atoms with Gasteiger partial charge in [-0.25, -0.2) is 4.79 Å². The number of carbonyl (C=O) groups excluding carboxylic acids is 2. The molecule has 0 heterocycles. The molecule has 3 amide bonds. The molecule has 0 spiro atoms. The van der Waals surface area contributed by atoms with Crippen molar-refractivity contribution in [1.29, 1.82) is 0 Å².